The van der Waals surface area contributed by atoms with E-state index in [9.17, 15) is 4.39 Å². The molecule has 1 aromatic rings. The van der Waals surface area contributed by atoms with Gasteiger partial charge in [0.15, 0.2) is 0 Å². The van der Waals surface area contributed by atoms with Crippen LogP contribution in [-0.2, 0) is 6.42 Å². The number of hydrogen-bond acceptors (Lipinski definition) is 2. The summed E-state index contributed by atoms with van der Waals surface area (Å²) in [6.07, 6.45) is 4.89. The fourth-order valence-electron chi connectivity index (χ4n) is 2.14. The van der Waals surface area contributed by atoms with E-state index < -0.39 is 0 Å². The third-order valence-electron chi connectivity index (χ3n) is 3.33. The van der Waals surface area contributed by atoms with Crippen molar-refractivity contribution < 1.29 is 4.39 Å². The molecule has 0 saturated heterocycles. The number of aliphatic imine (C=N–C) groups is 1. The van der Waals surface area contributed by atoms with Gasteiger partial charge in [0.2, 0.25) is 0 Å². The van der Waals surface area contributed by atoms with Gasteiger partial charge in [-0.3, -0.25) is 4.99 Å². The first kappa shape index (κ1) is 14.6. The summed E-state index contributed by atoms with van der Waals surface area (Å²) in [7, 11) is 0. The number of nitrogens with one attached hydrogen (secondary N) is 1. The largest absolute Gasteiger partial charge is 0.358 e. The van der Waals surface area contributed by atoms with Crippen LogP contribution in [0.25, 0.3) is 0 Å². The van der Waals surface area contributed by atoms with Crippen LogP contribution < -0.4 is 5.32 Å². The zero-order valence-electron chi connectivity index (χ0n) is 12.3. The monoisotopic (exact) mass is 275 g/mol. The first-order valence-electron chi connectivity index (χ1n) is 7.04. The maximum atomic E-state index is 12.8. The summed E-state index contributed by atoms with van der Waals surface area (Å²) in [4.78, 5) is 6.86. The lowest BCUT2D eigenvalue weighted by Gasteiger charge is -2.29. The molecule has 0 radical (unpaired) electrons. The molecule has 0 aliphatic carbocycles. The molecule has 1 aliphatic rings. The molecule has 3 nitrogen and oxygen atoms in total. The predicted octanol–water partition coefficient (Wildman–Crippen LogP) is 2.94. The highest BCUT2D eigenvalue weighted by Gasteiger charge is 2.10. The molecule has 0 amide bonds. The lowest BCUT2D eigenvalue weighted by atomic mass is 10.1. The van der Waals surface area contributed by atoms with Crippen LogP contribution in [-0.4, -0.2) is 29.5 Å². The van der Waals surface area contributed by atoms with Gasteiger partial charge in [-0.2, -0.15) is 0 Å². The number of benzene rings is 1. The fourth-order valence-corrected chi connectivity index (χ4v) is 2.14. The number of hydrogen-bond donors (Lipinski definition) is 1. The number of halogens is 1. The molecule has 1 atom stereocenters. The number of rotatable bonds is 4. The molecule has 0 bridgehead atoms. The van der Waals surface area contributed by atoms with Crippen molar-refractivity contribution in [3.8, 4) is 0 Å². The lowest BCUT2D eigenvalue weighted by molar-refractivity contribution is 0.300. The summed E-state index contributed by atoms with van der Waals surface area (Å²) in [6.45, 7) is 7.17. The van der Waals surface area contributed by atoms with Crippen molar-refractivity contribution in [3.63, 3.8) is 0 Å². The van der Waals surface area contributed by atoms with Gasteiger partial charge in [0.05, 0.1) is 12.7 Å². The minimum absolute atomic E-state index is 0.165. The van der Waals surface area contributed by atoms with E-state index in [4.69, 9.17) is 0 Å². The van der Waals surface area contributed by atoms with E-state index in [1.807, 2.05) is 18.2 Å². The summed E-state index contributed by atoms with van der Waals surface area (Å²) in [5.41, 5.74) is 1.10. The second-order valence-corrected chi connectivity index (χ2v) is 5.45. The Kier molecular flexibility index (Phi) is 4.77. The van der Waals surface area contributed by atoms with Gasteiger partial charge in [0, 0.05) is 12.2 Å². The molecule has 20 heavy (non-hydrogen) atoms. The van der Waals surface area contributed by atoms with Gasteiger partial charge in [0.25, 0.3) is 0 Å². The Hall–Kier alpha value is -1.84. The van der Waals surface area contributed by atoms with Crippen molar-refractivity contribution in [2.75, 3.05) is 6.67 Å². The van der Waals surface area contributed by atoms with Crippen LogP contribution in [0, 0.1) is 5.82 Å². The highest BCUT2D eigenvalue weighted by molar-refractivity contribution is 5.93. The van der Waals surface area contributed by atoms with Crippen LogP contribution >= 0.6 is 0 Å². The Labute approximate surface area is 120 Å². The maximum absolute atomic E-state index is 12.8. The standard InChI is InChI=1S/C16H22FN3/c1-12(2)20-9-8-16(18-11-20)19-13(3)10-14-4-6-15(17)7-5-14/h4-9,12-13H,10-11H2,1-3H3,(H,18,19)/t13-/m0/s1. The van der Waals surface area contributed by atoms with Crippen LogP contribution in [0.4, 0.5) is 4.39 Å². The van der Waals surface area contributed by atoms with Crippen LogP contribution in [0.15, 0.2) is 41.5 Å². The van der Waals surface area contributed by atoms with Crippen molar-refractivity contribution in [1.29, 1.82) is 0 Å². The molecule has 0 unspecified atom stereocenters. The molecule has 1 aromatic carbocycles. The van der Waals surface area contributed by atoms with Crippen molar-refractivity contribution in [2.24, 2.45) is 4.99 Å². The van der Waals surface area contributed by atoms with Gasteiger partial charge in [-0.15, -0.1) is 0 Å². The van der Waals surface area contributed by atoms with E-state index >= 15 is 0 Å². The Morgan fingerprint density at radius 1 is 1.25 bits per heavy atom. The predicted molar refractivity (Wildman–Crippen MR) is 81.1 cm³/mol. The molecule has 0 fully saturated rings. The molecule has 108 valence electrons. The van der Waals surface area contributed by atoms with Crippen LogP contribution in [0.2, 0.25) is 0 Å². The van der Waals surface area contributed by atoms with Gasteiger partial charge in [-0.05, 0) is 51.0 Å². The van der Waals surface area contributed by atoms with E-state index in [1.54, 1.807) is 0 Å². The normalized spacial score (nSPS) is 18.4. The van der Waals surface area contributed by atoms with Gasteiger partial charge in [-0.25, -0.2) is 4.39 Å². The highest BCUT2D eigenvalue weighted by Crippen LogP contribution is 2.09. The Morgan fingerprint density at radius 3 is 2.50 bits per heavy atom. The zero-order chi connectivity index (χ0) is 14.5. The second kappa shape index (κ2) is 6.55. The van der Waals surface area contributed by atoms with E-state index in [2.05, 4.69) is 42.2 Å². The minimum atomic E-state index is -0.196. The SMILES string of the molecule is CC(C)N1C=CC(=N[C@@H](C)Cc2ccc(F)cc2)NC1. The van der Waals surface area contributed by atoms with Crippen LogP contribution in [0.1, 0.15) is 26.3 Å². The molecule has 4 heteroatoms. The van der Waals surface area contributed by atoms with Crippen molar-refractivity contribution in [3.05, 3.63) is 47.9 Å². The summed E-state index contributed by atoms with van der Waals surface area (Å²) in [5, 5.41) is 3.31. The van der Waals surface area contributed by atoms with Crippen molar-refractivity contribution in [1.82, 2.24) is 10.2 Å². The number of nitrogens with zero attached hydrogens (tertiary/aromatic N) is 2. The molecule has 1 N–H and O–H groups in total. The molecule has 0 aromatic heterocycles. The Bertz CT molecular complexity index is 491. The van der Waals surface area contributed by atoms with E-state index in [-0.39, 0.29) is 11.9 Å². The second-order valence-electron chi connectivity index (χ2n) is 5.45. The molecule has 0 saturated carbocycles. The quantitative estimate of drug-likeness (QED) is 0.915. The molecular formula is C16H22FN3. The third kappa shape index (κ3) is 4.08. The van der Waals surface area contributed by atoms with Gasteiger partial charge >= 0.3 is 0 Å². The first-order valence-corrected chi connectivity index (χ1v) is 7.04. The summed E-state index contributed by atoms with van der Waals surface area (Å²) >= 11 is 0. The van der Waals surface area contributed by atoms with E-state index in [1.165, 1.54) is 12.1 Å². The highest BCUT2D eigenvalue weighted by atomic mass is 19.1. The molecular weight excluding hydrogens is 253 g/mol. The molecule has 1 aliphatic heterocycles. The van der Waals surface area contributed by atoms with Crippen molar-refractivity contribution >= 4 is 5.84 Å². The van der Waals surface area contributed by atoms with E-state index in [0.29, 0.717) is 6.04 Å². The number of amidine groups is 1. The third-order valence-corrected chi connectivity index (χ3v) is 3.33. The van der Waals surface area contributed by atoms with Crippen molar-refractivity contribution in [2.45, 2.75) is 39.3 Å². The topological polar surface area (TPSA) is 27.6 Å². The average molecular weight is 275 g/mol. The van der Waals surface area contributed by atoms with Crippen LogP contribution in [0.5, 0.6) is 0 Å². The van der Waals surface area contributed by atoms with Gasteiger partial charge in [-0.1, -0.05) is 12.1 Å². The van der Waals surface area contributed by atoms with Gasteiger partial charge < -0.3 is 10.2 Å². The smallest absolute Gasteiger partial charge is 0.123 e. The zero-order valence-corrected chi connectivity index (χ0v) is 12.3. The fraction of sp³-hybridized carbons (Fsp3) is 0.438. The van der Waals surface area contributed by atoms with Gasteiger partial charge in [0.1, 0.15) is 11.7 Å². The lowest BCUT2D eigenvalue weighted by Crippen LogP contribution is -2.41. The Balaban J connectivity index is 1.94. The Morgan fingerprint density at radius 2 is 1.95 bits per heavy atom. The maximum Gasteiger partial charge on any atom is 0.123 e. The summed E-state index contributed by atoms with van der Waals surface area (Å²) < 4.78 is 12.8. The first-order chi connectivity index (χ1) is 9.54. The molecule has 0 spiro atoms. The summed E-state index contributed by atoms with van der Waals surface area (Å²) in [6, 6.07) is 7.27. The van der Waals surface area contributed by atoms with Crippen LogP contribution in [0.3, 0.4) is 0 Å². The molecule has 1 heterocycles. The summed E-state index contributed by atoms with van der Waals surface area (Å²) in [5.74, 6) is 0.717. The molecule has 2 rings (SSSR count). The minimum Gasteiger partial charge on any atom is -0.358 e. The van der Waals surface area contributed by atoms with E-state index in [0.717, 1.165) is 24.5 Å². The average Bonchev–Trinajstić information content (AvgIpc) is 2.42.